The number of aliphatic imine (C=N–C) groups is 1. The van der Waals surface area contributed by atoms with Crippen molar-refractivity contribution < 1.29 is 5.11 Å². The summed E-state index contributed by atoms with van der Waals surface area (Å²) in [5.74, 6) is 1.87. The molecule has 1 aliphatic rings. The predicted molar refractivity (Wildman–Crippen MR) is 123 cm³/mol. The number of guanidine groups is 1. The van der Waals surface area contributed by atoms with Crippen LogP contribution in [0.2, 0.25) is 0 Å². The summed E-state index contributed by atoms with van der Waals surface area (Å²) < 4.78 is 0. The molecular weight excluding hydrogens is 459 g/mol. The largest absolute Gasteiger partial charge is 0.396 e. The van der Waals surface area contributed by atoms with Crippen LogP contribution in [0.1, 0.15) is 44.5 Å². The normalized spacial score (nSPS) is 18.8. The van der Waals surface area contributed by atoms with Crippen molar-refractivity contribution >= 4 is 41.3 Å². The molecule has 0 aromatic carbocycles. The van der Waals surface area contributed by atoms with Gasteiger partial charge in [0.25, 0.3) is 0 Å². The molecule has 0 aliphatic carbocycles. The van der Waals surface area contributed by atoms with Gasteiger partial charge in [0.05, 0.1) is 6.04 Å². The molecule has 0 radical (unpaired) electrons. The Hall–Kier alpha value is -0.380. The molecule has 7 heteroatoms. The quantitative estimate of drug-likeness (QED) is 0.295. The third-order valence-corrected chi connectivity index (χ3v) is 5.78. The van der Waals surface area contributed by atoms with Crippen molar-refractivity contribution in [2.75, 3.05) is 39.3 Å². The molecule has 2 rings (SSSR count). The monoisotopic (exact) mass is 494 g/mol. The lowest BCUT2D eigenvalue weighted by Crippen LogP contribution is -2.45. The van der Waals surface area contributed by atoms with E-state index in [4.69, 9.17) is 0 Å². The number of hydrogen-bond acceptors (Lipinski definition) is 4. The summed E-state index contributed by atoms with van der Waals surface area (Å²) in [5, 5.41) is 18.2. The summed E-state index contributed by atoms with van der Waals surface area (Å²) in [7, 11) is 0. The summed E-state index contributed by atoms with van der Waals surface area (Å²) in [6.45, 7) is 11.3. The minimum atomic E-state index is 0. The van der Waals surface area contributed by atoms with Gasteiger partial charge in [0.2, 0.25) is 0 Å². The van der Waals surface area contributed by atoms with E-state index in [0.29, 0.717) is 12.6 Å². The topological polar surface area (TPSA) is 59.9 Å². The molecule has 1 aromatic rings. The maximum Gasteiger partial charge on any atom is 0.191 e. The number of halogens is 1. The SMILES string of the molecule is CCNC(=NCC(C)CO)NCC(c1cccs1)N1CCC(C)CC1.I. The Balaban J connectivity index is 0.00000338. The minimum Gasteiger partial charge on any atom is -0.396 e. The van der Waals surface area contributed by atoms with E-state index in [-0.39, 0.29) is 36.5 Å². The third-order valence-electron chi connectivity index (χ3n) is 4.81. The van der Waals surface area contributed by atoms with E-state index in [1.54, 1.807) is 0 Å². The highest BCUT2D eigenvalue weighted by molar-refractivity contribution is 14.0. The number of aliphatic hydroxyl groups is 1. The molecule has 1 saturated heterocycles. The van der Waals surface area contributed by atoms with Crippen LogP contribution in [0.3, 0.4) is 0 Å². The van der Waals surface area contributed by atoms with Crippen LogP contribution in [-0.2, 0) is 0 Å². The van der Waals surface area contributed by atoms with Crippen LogP contribution in [0.4, 0.5) is 0 Å². The van der Waals surface area contributed by atoms with Crippen molar-refractivity contribution in [3.05, 3.63) is 22.4 Å². The van der Waals surface area contributed by atoms with Gasteiger partial charge < -0.3 is 15.7 Å². The number of rotatable bonds is 8. The van der Waals surface area contributed by atoms with E-state index in [0.717, 1.165) is 25.0 Å². The second kappa shape index (κ2) is 12.9. The highest BCUT2D eigenvalue weighted by Gasteiger charge is 2.25. The van der Waals surface area contributed by atoms with E-state index in [1.807, 2.05) is 18.3 Å². The Morgan fingerprint density at radius 2 is 2.12 bits per heavy atom. The molecule has 2 unspecified atom stereocenters. The van der Waals surface area contributed by atoms with Crippen molar-refractivity contribution in [3.8, 4) is 0 Å². The molecule has 1 fully saturated rings. The molecule has 2 heterocycles. The van der Waals surface area contributed by atoms with Crippen molar-refractivity contribution in [1.82, 2.24) is 15.5 Å². The van der Waals surface area contributed by atoms with E-state index < -0.39 is 0 Å². The molecule has 0 saturated carbocycles. The van der Waals surface area contributed by atoms with Crippen LogP contribution in [-0.4, -0.2) is 55.3 Å². The zero-order valence-corrected chi connectivity index (χ0v) is 19.4. The van der Waals surface area contributed by atoms with E-state index in [1.165, 1.54) is 30.8 Å². The van der Waals surface area contributed by atoms with Gasteiger partial charge >= 0.3 is 0 Å². The number of hydrogen-bond donors (Lipinski definition) is 3. The highest BCUT2D eigenvalue weighted by atomic mass is 127. The summed E-state index contributed by atoms with van der Waals surface area (Å²) in [4.78, 5) is 8.64. The van der Waals surface area contributed by atoms with Crippen molar-refractivity contribution in [1.29, 1.82) is 0 Å². The summed E-state index contributed by atoms with van der Waals surface area (Å²) in [5.41, 5.74) is 0. The Morgan fingerprint density at radius 3 is 2.69 bits per heavy atom. The molecular formula is C19H35IN4OS. The summed E-state index contributed by atoms with van der Waals surface area (Å²) >= 11 is 1.84. The molecule has 3 N–H and O–H groups in total. The van der Waals surface area contributed by atoms with Crippen molar-refractivity contribution in [3.63, 3.8) is 0 Å². The molecule has 1 aromatic heterocycles. The number of nitrogens with one attached hydrogen (secondary N) is 2. The molecule has 5 nitrogen and oxygen atoms in total. The lowest BCUT2D eigenvalue weighted by atomic mass is 9.97. The van der Waals surface area contributed by atoms with Crippen LogP contribution >= 0.6 is 35.3 Å². The second-order valence-corrected chi connectivity index (χ2v) is 8.12. The van der Waals surface area contributed by atoms with Gasteiger partial charge in [0, 0.05) is 31.1 Å². The maximum absolute atomic E-state index is 9.20. The zero-order valence-electron chi connectivity index (χ0n) is 16.3. The maximum atomic E-state index is 9.20. The first-order valence-electron chi connectivity index (χ1n) is 9.54. The first kappa shape index (κ1) is 23.7. The summed E-state index contributed by atoms with van der Waals surface area (Å²) in [6.07, 6.45) is 2.56. The van der Waals surface area contributed by atoms with Crippen molar-refractivity contribution in [2.45, 2.75) is 39.7 Å². The van der Waals surface area contributed by atoms with Gasteiger partial charge in [-0.2, -0.15) is 0 Å². The third kappa shape index (κ3) is 7.70. The van der Waals surface area contributed by atoms with Gasteiger partial charge in [0.1, 0.15) is 0 Å². The van der Waals surface area contributed by atoms with Crippen LogP contribution in [0, 0.1) is 11.8 Å². The van der Waals surface area contributed by atoms with Crippen LogP contribution in [0.15, 0.2) is 22.5 Å². The van der Waals surface area contributed by atoms with Crippen LogP contribution in [0.25, 0.3) is 0 Å². The second-order valence-electron chi connectivity index (χ2n) is 7.14. The van der Waals surface area contributed by atoms with Gasteiger partial charge in [-0.25, -0.2) is 0 Å². The van der Waals surface area contributed by atoms with Gasteiger partial charge in [-0.15, -0.1) is 35.3 Å². The minimum absolute atomic E-state index is 0. The fourth-order valence-corrected chi connectivity index (χ4v) is 3.93. The lowest BCUT2D eigenvalue weighted by molar-refractivity contribution is 0.140. The van der Waals surface area contributed by atoms with Gasteiger partial charge in [-0.1, -0.05) is 19.9 Å². The predicted octanol–water partition coefficient (Wildman–Crippen LogP) is 3.32. The fraction of sp³-hybridized carbons (Fsp3) is 0.737. The zero-order chi connectivity index (χ0) is 18.1. The first-order chi connectivity index (χ1) is 12.1. The van der Waals surface area contributed by atoms with Gasteiger partial charge in [-0.3, -0.25) is 9.89 Å². The van der Waals surface area contributed by atoms with Crippen LogP contribution < -0.4 is 10.6 Å². The fourth-order valence-electron chi connectivity index (χ4n) is 3.07. The number of thiophene rings is 1. The first-order valence-corrected chi connectivity index (χ1v) is 10.4. The lowest BCUT2D eigenvalue weighted by Gasteiger charge is -2.36. The van der Waals surface area contributed by atoms with E-state index in [9.17, 15) is 5.11 Å². The highest BCUT2D eigenvalue weighted by Crippen LogP contribution is 2.29. The molecule has 0 bridgehead atoms. The molecule has 2 atom stereocenters. The molecule has 1 aliphatic heterocycles. The average molecular weight is 494 g/mol. The molecule has 0 spiro atoms. The number of nitrogens with zero attached hydrogens (tertiary/aromatic N) is 2. The van der Waals surface area contributed by atoms with Crippen LogP contribution in [0.5, 0.6) is 0 Å². The van der Waals surface area contributed by atoms with Gasteiger partial charge in [-0.05, 0) is 56.1 Å². The standard InChI is InChI=1S/C19H34N4OS.HI/c1-4-20-19(21-12-16(3)14-24)22-13-17(18-6-5-11-25-18)23-9-7-15(2)8-10-23;/h5-6,11,15-17,24H,4,7-10,12-14H2,1-3H3,(H2,20,21,22);1H. The van der Waals surface area contributed by atoms with Crippen molar-refractivity contribution in [2.24, 2.45) is 16.8 Å². The molecule has 0 amide bonds. The summed E-state index contributed by atoms with van der Waals surface area (Å²) in [6, 6.07) is 4.78. The average Bonchev–Trinajstić information content (AvgIpc) is 3.15. The van der Waals surface area contributed by atoms with E-state index >= 15 is 0 Å². The number of aliphatic hydroxyl groups excluding tert-OH is 1. The molecule has 26 heavy (non-hydrogen) atoms. The Bertz CT molecular complexity index is 504. The Kier molecular flexibility index (Phi) is 11.7. The van der Waals surface area contributed by atoms with Gasteiger partial charge in [0.15, 0.2) is 5.96 Å². The molecule has 150 valence electrons. The number of likely N-dealkylation sites (tertiary alicyclic amines) is 1. The van der Waals surface area contributed by atoms with E-state index in [2.05, 4.69) is 51.9 Å². The number of piperidine rings is 1. The Morgan fingerprint density at radius 1 is 1.38 bits per heavy atom. The Labute approximate surface area is 179 Å². The smallest absolute Gasteiger partial charge is 0.191 e.